The zero-order valence-corrected chi connectivity index (χ0v) is 21.4. The van der Waals surface area contributed by atoms with Gasteiger partial charge in [0.05, 0.1) is 30.4 Å². The van der Waals surface area contributed by atoms with Crippen molar-refractivity contribution < 1.29 is 23.5 Å². The number of hydrogen-bond donors (Lipinski definition) is 3. The zero-order chi connectivity index (χ0) is 27.1. The van der Waals surface area contributed by atoms with Crippen LogP contribution in [0.3, 0.4) is 0 Å². The van der Waals surface area contributed by atoms with E-state index >= 15 is 4.39 Å². The van der Waals surface area contributed by atoms with Crippen molar-refractivity contribution in [2.24, 2.45) is 11.7 Å². The number of anilines is 2. The van der Waals surface area contributed by atoms with Crippen LogP contribution in [-0.4, -0.2) is 78.7 Å². The third-order valence-electron chi connectivity index (χ3n) is 6.76. The van der Waals surface area contributed by atoms with Crippen LogP contribution < -0.4 is 25.6 Å². The normalized spacial score (nSPS) is 16.2. The predicted molar refractivity (Wildman–Crippen MR) is 139 cm³/mol. The number of amides is 2. The van der Waals surface area contributed by atoms with Crippen molar-refractivity contribution >= 4 is 29.3 Å². The SMILES string of the molecule is CC(=O)N1CCC(COc2ncc(N3CCN(c4cccc(COC(=O)NC(=N)N)c4F)CC3)cn2)CC1. The summed E-state index contributed by atoms with van der Waals surface area (Å²) in [5.74, 6) is -0.499. The molecule has 2 amide bonds. The van der Waals surface area contributed by atoms with E-state index in [2.05, 4.69) is 14.9 Å². The molecule has 0 atom stereocenters. The van der Waals surface area contributed by atoms with Crippen LogP contribution in [0.4, 0.5) is 20.6 Å². The minimum atomic E-state index is -0.912. The van der Waals surface area contributed by atoms with E-state index in [9.17, 15) is 9.59 Å². The third kappa shape index (κ3) is 6.99. The molecule has 0 spiro atoms. The summed E-state index contributed by atoms with van der Waals surface area (Å²) in [5, 5.41) is 9.03. The lowest BCUT2D eigenvalue weighted by Gasteiger charge is -2.37. The fourth-order valence-corrected chi connectivity index (χ4v) is 4.57. The van der Waals surface area contributed by atoms with Crippen molar-refractivity contribution in [1.29, 1.82) is 5.41 Å². The van der Waals surface area contributed by atoms with E-state index < -0.39 is 17.9 Å². The van der Waals surface area contributed by atoms with Gasteiger partial charge in [0.15, 0.2) is 11.8 Å². The Kier molecular flexibility index (Phi) is 8.77. The second-order valence-electron chi connectivity index (χ2n) is 9.32. The second-order valence-corrected chi connectivity index (χ2v) is 9.32. The number of hydrogen-bond acceptors (Lipinski definition) is 9. The number of nitrogens with two attached hydrogens (primary N) is 1. The molecule has 38 heavy (non-hydrogen) atoms. The number of likely N-dealkylation sites (tertiary alicyclic amines) is 1. The van der Waals surface area contributed by atoms with Crippen molar-refractivity contribution in [2.75, 3.05) is 55.7 Å². The van der Waals surface area contributed by atoms with E-state index in [1.165, 1.54) is 0 Å². The van der Waals surface area contributed by atoms with Crippen LogP contribution in [-0.2, 0) is 16.1 Å². The van der Waals surface area contributed by atoms with Gasteiger partial charge in [-0.25, -0.2) is 19.2 Å². The van der Waals surface area contributed by atoms with Crippen LogP contribution in [0.5, 0.6) is 6.01 Å². The number of ether oxygens (including phenoxy) is 2. The molecule has 0 radical (unpaired) electrons. The van der Waals surface area contributed by atoms with Crippen molar-refractivity contribution in [1.82, 2.24) is 20.2 Å². The van der Waals surface area contributed by atoms with Crippen molar-refractivity contribution in [2.45, 2.75) is 26.4 Å². The molecular weight excluding hydrogens is 495 g/mol. The minimum Gasteiger partial charge on any atom is -0.463 e. The Labute approximate surface area is 220 Å². The highest BCUT2D eigenvalue weighted by Crippen LogP contribution is 2.26. The molecule has 13 heteroatoms. The van der Waals surface area contributed by atoms with E-state index in [-0.39, 0.29) is 18.1 Å². The molecule has 4 rings (SSSR count). The number of piperazine rings is 1. The van der Waals surface area contributed by atoms with E-state index in [0.29, 0.717) is 50.4 Å². The molecule has 2 aliphatic heterocycles. The molecule has 1 aromatic carbocycles. The number of carbonyl (C=O) groups is 2. The Bertz CT molecular complexity index is 1130. The summed E-state index contributed by atoms with van der Waals surface area (Å²) in [6.45, 7) is 5.85. The zero-order valence-electron chi connectivity index (χ0n) is 21.4. The summed E-state index contributed by atoms with van der Waals surface area (Å²) in [6, 6.07) is 5.29. The van der Waals surface area contributed by atoms with Gasteiger partial charge in [-0.05, 0) is 24.8 Å². The lowest BCUT2D eigenvalue weighted by Crippen LogP contribution is -2.47. The van der Waals surface area contributed by atoms with Crippen LogP contribution >= 0.6 is 0 Å². The first-order valence-electron chi connectivity index (χ1n) is 12.6. The molecule has 204 valence electrons. The molecule has 0 bridgehead atoms. The Morgan fingerprint density at radius 1 is 1.11 bits per heavy atom. The van der Waals surface area contributed by atoms with Gasteiger partial charge < -0.3 is 29.9 Å². The highest BCUT2D eigenvalue weighted by atomic mass is 19.1. The smallest absolute Gasteiger partial charge is 0.414 e. The number of carbonyl (C=O) groups excluding carboxylic acids is 2. The molecule has 2 aliphatic rings. The molecule has 3 heterocycles. The Morgan fingerprint density at radius 2 is 1.76 bits per heavy atom. The van der Waals surface area contributed by atoms with Gasteiger partial charge in [0, 0.05) is 51.8 Å². The number of nitrogens with zero attached hydrogens (tertiary/aromatic N) is 5. The summed E-state index contributed by atoms with van der Waals surface area (Å²) in [7, 11) is 0. The number of piperidine rings is 1. The van der Waals surface area contributed by atoms with Crippen LogP contribution in [0.1, 0.15) is 25.3 Å². The lowest BCUT2D eigenvalue weighted by atomic mass is 9.98. The van der Waals surface area contributed by atoms with Gasteiger partial charge in [0.2, 0.25) is 5.91 Å². The van der Waals surface area contributed by atoms with Gasteiger partial charge in [-0.3, -0.25) is 15.5 Å². The number of rotatable bonds is 7. The summed E-state index contributed by atoms with van der Waals surface area (Å²) < 4.78 is 25.8. The number of nitrogens with one attached hydrogen (secondary N) is 2. The molecular formula is C25H33FN8O4. The van der Waals surface area contributed by atoms with Crippen molar-refractivity contribution in [3.05, 3.63) is 42.0 Å². The summed E-state index contributed by atoms with van der Waals surface area (Å²) in [4.78, 5) is 37.6. The molecule has 0 unspecified atom stereocenters. The average molecular weight is 529 g/mol. The number of aromatic nitrogens is 2. The molecule has 2 saturated heterocycles. The topological polar surface area (TPSA) is 150 Å². The van der Waals surface area contributed by atoms with Crippen LogP contribution in [0.2, 0.25) is 0 Å². The summed E-state index contributed by atoms with van der Waals surface area (Å²) in [5.41, 5.74) is 6.63. The van der Waals surface area contributed by atoms with Gasteiger partial charge in [-0.15, -0.1) is 0 Å². The van der Waals surface area contributed by atoms with E-state index in [1.54, 1.807) is 37.5 Å². The van der Waals surface area contributed by atoms with Crippen LogP contribution in [0, 0.1) is 17.1 Å². The summed E-state index contributed by atoms with van der Waals surface area (Å²) >= 11 is 0. The monoisotopic (exact) mass is 528 g/mol. The fourth-order valence-electron chi connectivity index (χ4n) is 4.57. The van der Waals surface area contributed by atoms with Crippen molar-refractivity contribution in [3.8, 4) is 6.01 Å². The molecule has 4 N–H and O–H groups in total. The Hall–Kier alpha value is -4.16. The van der Waals surface area contributed by atoms with Gasteiger partial charge in [0.1, 0.15) is 6.61 Å². The number of guanidine groups is 1. The Balaban J connectivity index is 1.25. The minimum absolute atomic E-state index is 0.116. The van der Waals surface area contributed by atoms with E-state index in [1.807, 2.05) is 15.1 Å². The molecule has 0 saturated carbocycles. The average Bonchev–Trinajstić information content (AvgIpc) is 2.91. The van der Waals surface area contributed by atoms with Gasteiger partial charge in [-0.1, -0.05) is 12.1 Å². The maximum Gasteiger partial charge on any atom is 0.414 e. The largest absolute Gasteiger partial charge is 0.463 e. The fraction of sp³-hybridized carbons (Fsp3) is 0.480. The lowest BCUT2D eigenvalue weighted by molar-refractivity contribution is -0.130. The number of alkyl carbamates (subject to hydrolysis) is 1. The van der Waals surface area contributed by atoms with E-state index in [0.717, 1.165) is 31.6 Å². The van der Waals surface area contributed by atoms with E-state index in [4.69, 9.17) is 20.6 Å². The first kappa shape index (κ1) is 26.9. The van der Waals surface area contributed by atoms with Crippen molar-refractivity contribution in [3.63, 3.8) is 0 Å². The van der Waals surface area contributed by atoms with Crippen LogP contribution in [0.25, 0.3) is 0 Å². The third-order valence-corrected chi connectivity index (χ3v) is 6.76. The first-order chi connectivity index (χ1) is 18.3. The first-order valence-corrected chi connectivity index (χ1v) is 12.6. The van der Waals surface area contributed by atoms with Gasteiger partial charge in [0.25, 0.3) is 0 Å². The standard InChI is InChI=1S/C25H33FN8O4/c1-17(35)32-7-5-18(6-8-32)15-37-24-29-13-20(14-30-24)33-9-11-34(12-10-33)21-4-2-3-19(22(21)26)16-38-25(36)31-23(27)28/h2-4,13-14,18H,5-12,15-16H2,1H3,(H4,27,28,31,36). The molecule has 2 fully saturated rings. The highest BCUT2D eigenvalue weighted by molar-refractivity contribution is 5.90. The molecule has 0 aliphatic carbocycles. The maximum absolute atomic E-state index is 15.1. The quantitative estimate of drug-likeness (QED) is 0.360. The second kappa shape index (κ2) is 12.4. The van der Waals surface area contributed by atoms with Gasteiger partial charge >= 0.3 is 12.1 Å². The molecule has 2 aromatic rings. The predicted octanol–water partition coefficient (Wildman–Crippen LogP) is 1.70. The maximum atomic E-state index is 15.1. The number of benzene rings is 1. The van der Waals surface area contributed by atoms with Crippen LogP contribution in [0.15, 0.2) is 30.6 Å². The Morgan fingerprint density at radius 3 is 2.39 bits per heavy atom. The molecule has 12 nitrogen and oxygen atoms in total. The highest BCUT2D eigenvalue weighted by Gasteiger charge is 2.23. The number of halogens is 1. The summed E-state index contributed by atoms with van der Waals surface area (Å²) in [6.07, 6.45) is 4.38. The van der Waals surface area contributed by atoms with Gasteiger partial charge in [-0.2, -0.15) is 0 Å². The molecule has 1 aromatic heterocycles.